The molecule has 0 heterocycles. The van der Waals surface area contributed by atoms with Crippen LogP contribution in [0.4, 0.5) is 5.69 Å². The number of carbonyl (C=O) groups is 2. The Bertz CT molecular complexity index is 883. The van der Waals surface area contributed by atoms with Crippen molar-refractivity contribution in [2.24, 2.45) is 0 Å². The van der Waals surface area contributed by atoms with Crippen LogP contribution < -0.4 is 14.8 Å². The molecule has 0 atom stereocenters. The molecule has 2 rings (SSSR count). The first kappa shape index (κ1) is 22.3. The predicted octanol–water partition coefficient (Wildman–Crippen LogP) is 4.17. The number of hydrogen-bond donors (Lipinski definition) is 1. The molecule has 156 valence electrons. The Morgan fingerprint density at radius 3 is 2.34 bits per heavy atom. The Morgan fingerprint density at radius 2 is 1.69 bits per heavy atom. The van der Waals surface area contributed by atoms with Gasteiger partial charge >= 0.3 is 5.97 Å². The maximum Gasteiger partial charge on any atom is 0.344 e. The van der Waals surface area contributed by atoms with Gasteiger partial charge in [-0.3, -0.25) is 4.79 Å². The maximum atomic E-state index is 12.2. The third kappa shape index (κ3) is 6.52. The van der Waals surface area contributed by atoms with E-state index >= 15 is 0 Å². The quantitative estimate of drug-likeness (QED) is 0.708. The maximum absolute atomic E-state index is 12.2. The zero-order valence-corrected chi connectivity index (χ0v) is 17.9. The molecule has 0 unspecified atom stereocenters. The zero-order valence-electron chi connectivity index (χ0n) is 17.9. The van der Waals surface area contributed by atoms with Gasteiger partial charge in [0.15, 0.2) is 13.2 Å². The summed E-state index contributed by atoms with van der Waals surface area (Å²) in [5, 5.41) is 2.74. The third-order valence-corrected chi connectivity index (χ3v) is 4.39. The molecule has 0 fully saturated rings. The summed E-state index contributed by atoms with van der Waals surface area (Å²) in [5.41, 5.74) is 3.46. The lowest BCUT2D eigenvalue weighted by Gasteiger charge is -2.21. The first-order chi connectivity index (χ1) is 13.6. The van der Waals surface area contributed by atoms with Crippen LogP contribution in [0.2, 0.25) is 0 Å². The van der Waals surface area contributed by atoms with Crippen molar-refractivity contribution in [1.82, 2.24) is 0 Å². The topological polar surface area (TPSA) is 73.9 Å². The van der Waals surface area contributed by atoms with Crippen molar-refractivity contribution in [3.05, 3.63) is 53.1 Å². The molecule has 0 aliphatic heterocycles. The van der Waals surface area contributed by atoms with Gasteiger partial charge in [0.2, 0.25) is 0 Å². The van der Waals surface area contributed by atoms with Gasteiger partial charge in [-0.25, -0.2) is 4.79 Å². The van der Waals surface area contributed by atoms with E-state index in [0.717, 1.165) is 16.7 Å². The van der Waals surface area contributed by atoms with Crippen molar-refractivity contribution < 1.29 is 23.8 Å². The molecule has 6 nitrogen and oxygen atoms in total. The van der Waals surface area contributed by atoms with Crippen LogP contribution in [-0.2, 0) is 19.7 Å². The van der Waals surface area contributed by atoms with Crippen LogP contribution >= 0.6 is 0 Å². The molecule has 6 heteroatoms. The van der Waals surface area contributed by atoms with E-state index in [2.05, 4.69) is 26.1 Å². The van der Waals surface area contributed by atoms with Crippen LogP contribution in [0.15, 0.2) is 36.4 Å². The van der Waals surface area contributed by atoms with E-state index in [0.29, 0.717) is 17.2 Å². The van der Waals surface area contributed by atoms with Gasteiger partial charge in [-0.1, -0.05) is 39.0 Å². The summed E-state index contributed by atoms with van der Waals surface area (Å²) in [6.07, 6.45) is 0. The number of esters is 1. The van der Waals surface area contributed by atoms with Crippen LogP contribution in [0.1, 0.15) is 37.5 Å². The lowest BCUT2D eigenvalue weighted by Crippen LogP contribution is -2.24. The molecule has 0 saturated heterocycles. The minimum atomic E-state index is -0.614. The van der Waals surface area contributed by atoms with E-state index < -0.39 is 18.5 Å². The number of nitrogens with one attached hydrogen (secondary N) is 1. The highest BCUT2D eigenvalue weighted by Gasteiger charge is 2.17. The van der Waals surface area contributed by atoms with Gasteiger partial charge in [-0.15, -0.1) is 0 Å². The van der Waals surface area contributed by atoms with Crippen molar-refractivity contribution in [2.45, 2.75) is 40.0 Å². The van der Waals surface area contributed by atoms with Gasteiger partial charge in [0.25, 0.3) is 5.91 Å². The van der Waals surface area contributed by atoms with Gasteiger partial charge in [0.05, 0.1) is 12.8 Å². The van der Waals surface area contributed by atoms with Gasteiger partial charge in [-0.05, 0) is 54.2 Å². The second-order valence-electron chi connectivity index (χ2n) is 7.93. The normalized spacial score (nSPS) is 11.0. The molecule has 2 aromatic rings. The Kier molecular flexibility index (Phi) is 7.26. The molecular formula is C23H29NO5. The molecule has 0 spiro atoms. The standard InChI is InChI=1S/C23H29NO5/c1-15-7-8-16(2)20(11-15)28-14-22(26)29-13-21(25)24-18-12-17(23(3,4)5)9-10-19(18)27-6/h7-12H,13-14H2,1-6H3,(H,24,25). The predicted molar refractivity (Wildman–Crippen MR) is 113 cm³/mol. The molecule has 0 radical (unpaired) electrons. The lowest BCUT2D eigenvalue weighted by molar-refractivity contribution is -0.149. The minimum absolute atomic E-state index is 0.0799. The van der Waals surface area contributed by atoms with Gasteiger partial charge in [-0.2, -0.15) is 0 Å². The minimum Gasteiger partial charge on any atom is -0.495 e. The second-order valence-corrected chi connectivity index (χ2v) is 7.93. The summed E-state index contributed by atoms with van der Waals surface area (Å²) < 4.78 is 15.8. The highest BCUT2D eigenvalue weighted by molar-refractivity contribution is 5.94. The zero-order chi connectivity index (χ0) is 21.6. The number of carbonyl (C=O) groups excluding carboxylic acids is 2. The molecule has 0 saturated carbocycles. The first-order valence-corrected chi connectivity index (χ1v) is 9.44. The van der Waals surface area contributed by atoms with Crippen LogP contribution in [-0.4, -0.2) is 32.2 Å². The number of benzene rings is 2. The number of rotatable bonds is 7. The molecule has 0 aliphatic carbocycles. The number of anilines is 1. The fourth-order valence-electron chi connectivity index (χ4n) is 2.65. The van der Waals surface area contributed by atoms with Crippen LogP contribution in [0.5, 0.6) is 11.5 Å². The summed E-state index contributed by atoms with van der Waals surface area (Å²) >= 11 is 0. The van der Waals surface area contributed by atoms with Crippen molar-refractivity contribution in [2.75, 3.05) is 25.6 Å². The van der Waals surface area contributed by atoms with Crippen molar-refractivity contribution in [3.63, 3.8) is 0 Å². The average molecular weight is 399 g/mol. The van der Waals surface area contributed by atoms with Crippen molar-refractivity contribution in [3.8, 4) is 11.5 Å². The number of ether oxygens (including phenoxy) is 3. The summed E-state index contributed by atoms with van der Waals surface area (Å²) in [7, 11) is 1.53. The van der Waals surface area contributed by atoms with Crippen LogP contribution in [0.3, 0.4) is 0 Å². The first-order valence-electron chi connectivity index (χ1n) is 9.44. The van der Waals surface area contributed by atoms with E-state index in [1.165, 1.54) is 7.11 Å². The monoisotopic (exact) mass is 399 g/mol. The average Bonchev–Trinajstić information content (AvgIpc) is 2.66. The molecule has 0 aromatic heterocycles. The Balaban J connectivity index is 1.91. The van der Waals surface area contributed by atoms with E-state index in [4.69, 9.17) is 14.2 Å². The fraction of sp³-hybridized carbons (Fsp3) is 0.391. The Morgan fingerprint density at radius 1 is 0.966 bits per heavy atom. The van der Waals surface area contributed by atoms with Gasteiger partial charge < -0.3 is 19.5 Å². The summed E-state index contributed by atoms with van der Waals surface area (Å²) in [4.78, 5) is 24.2. The highest BCUT2D eigenvalue weighted by atomic mass is 16.6. The van der Waals surface area contributed by atoms with Gasteiger partial charge in [0.1, 0.15) is 11.5 Å². The van der Waals surface area contributed by atoms with Crippen molar-refractivity contribution >= 4 is 17.6 Å². The van der Waals surface area contributed by atoms with E-state index in [1.807, 2.05) is 44.2 Å². The molecule has 29 heavy (non-hydrogen) atoms. The number of hydrogen-bond acceptors (Lipinski definition) is 5. The fourth-order valence-corrected chi connectivity index (χ4v) is 2.65. The van der Waals surface area contributed by atoms with E-state index in [-0.39, 0.29) is 12.0 Å². The number of methoxy groups -OCH3 is 1. The van der Waals surface area contributed by atoms with E-state index in [1.54, 1.807) is 6.07 Å². The molecule has 0 aliphatic rings. The Labute approximate surface area is 172 Å². The Hall–Kier alpha value is -3.02. The number of aryl methyl sites for hydroxylation is 2. The summed E-state index contributed by atoms with van der Waals surface area (Å²) in [6, 6.07) is 11.4. The SMILES string of the molecule is COc1ccc(C(C)(C)C)cc1NC(=O)COC(=O)COc1cc(C)ccc1C. The second kappa shape index (κ2) is 9.45. The highest BCUT2D eigenvalue weighted by Crippen LogP contribution is 2.31. The third-order valence-electron chi connectivity index (χ3n) is 4.39. The molecule has 1 amide bonds. The largest absolute Gasteiger partial charge is 0.495 e. The lowest BCUT2D eigenvalue weighted by atomic mass is 9.87. The number of amides is 1. The van der Waals surface area contributed by atoms with Gasteiger partial charge in [0, 0.05) is 0 Å². The molecule has 2 aromatic carbocycles. The summed E-state index contributed by atoms with van der Waals surface area (Å²) in [6.45, 7) is 9.41. The molecule has 0 bridgehead atoms. The summed E-state index contributed by atoms with van der Waals surface area (Å²) in [5.74, 6) is 0.0944. The smallest absolute Gasteiger partial charge is 0.344 e. The van der Waals surface area contributed by atoms with E-state index in [9.17, 15) is 9.59 Å². The van der Waals surface area contributed by atoms with Crippen LogP contribution in [0.25, 0.3) is 0 Å². The molecule has 1 N–H and O–H groups in total. The van der Waals surface area contributed by atoms with Crippen molar-refractivity contribution in [1.29, 1.82) is 0 Å². The van der Waals surface area contributed by atoms with Crippen LogP contribution in [0, 0.1) is 13.8 Å². The molecular weight excluding hydrogens is 370 g/mol.